The van der Waals surface area contributed by atoms with E-state index in [-0.39, 0.29) is 24.4 Å². The standard InChI is InChI=1S/C12H17N5O2/c1-3-9(5-7-18)14-11(19)10-15-12-13-6-4-8(2)17(12)16-10/h4,6,9,18H,3,5,7H2,1-2H3,(H,14,19). The molecule has 0 saturated carbocycles. The van der Waals surface area contributed by atoms with E-state index in [9.17, 15) is 4.79 Å². The quantitative estimate of drug-likeness (QED) is 0.810. The third kappa shape index (κ3) is 2.87. The zero-order chi connectivity index (χ0) is 13.8. The molecule has 2 rings (SSSR count). The van der Waals surface area contributed by atoms with E-state index in [0.29, 0.717) is 12.2 Å². The lowest BCUT2D eigenvalue weighted by atomic mass is 10.1. The van der Waals surface area contributed by atoms with Gasteiger partial charge in [0.1, 0.15) is 0 Å². The molecule has 7 heteroatoms. The molecule has 0 fully saturated rings. The van der Waals surface area contributed by atoms with Crippen LogP contribution in [0.3, 0.4) is 0 Å². The number of amides is 1. The fourth-order valence-corrected chi connectivity index (χ4v) is 1.79. The predicted molar refractivity (Wildman–Crippen MR) is 68.8 cm³/mol. The summed E-state index contributed by atoms with van der Waals surface area (Å²) in [6, 6.07) is 1.72. The Morgan fingerprint density at radius 2 is 2.37 bits per heavy atom. The van der Waals surface area contributed by atoms with Gasteiger partial charge in [0, 0.05) is 24.5 Å². The van der Waals surface area contributed by atoms with Crippen LogP contribution in [0.1, 0.15) is 36.1 Å². The number of aromatic nitrogens is 4. The number of aliphatic hydroxyl groups excluding tert-OH is 1. The predicted octanol–water partition coefficient (Wildman–Crippen LogP) is 0.324. The second kappa shape index (κ2) is 5.75. The van der Waals surface area contributed by atoms with Gasteiger partial charge in [-0.15, -0.1) is 5.10 Å². The summed E-state index contributed by atoms with van der Waals surface area (Å²) < 4.78 is 1.53. The van der Waals surface area contributed by atoms with Crippen molar-refractivity contribution in [2.45, 2.75) is 32.7 Å². The number of carbonyl (C=O) groups is 1. The molecule has 0 aliphatic carbocycles. The topological polar surface area (TPSA) is 92.4 Å². The maximum absolute atomic E-state index is 12.0. The number of rotatable bonds is 5. The van der Waals surface area contributed by atoms with Crippen LogP contribution in [-0.2, 0) is 0 Å². The second-order valence-electron chi connectivity index (χ2n) is 4.32. The van der Waals surface area contributed by atoms with Crippen LogP contribution in [0.15, 0.2) is 12.3 Å². The average molecular weight is 263 g/mol. The van der Waals surface area contributed by atoms with Crippen LogP contribution in [-0.4, -0.2) is 43.2 Å². The van der Waals surface area contributed by atoms with Crippen molar-refractivity contribution in [3.63, 3.8) is 0 Å². The maximum Gasteiger partial charge on any atom is 0.291 e. The maximum atomic E-state index is 12.0. The minimum absolute atomic E-state index is 0.0397. The average Bonchev–Trinajstić information content (AvgIpc) is 2.83. The van der Waals surface area contributed by atoms with Gasteiger partial charge < -0.3 is 10.4 Å². The van der Waals surface area contributed by atoms with Crippen molar-refractivity contribution < 1.29 is 9.90 Å². The first kappa shape index (κ1) is 13.4. The van der Waals surface area contributed by atoms with Gasteiger partial charge in [-0.25, -0.2) is 9.50 Å². The number of aliphatic hydroxyl groups is 1. The van der Waals surface area contributed by atoms with Gasteiger partial charge in [0.15, 0.2) is 0 Å². The van der Waals surface area contributed by atoms with E-state index >= 15 is 0 Å². The lowest BCUT2D eigenvalue weighted by Gasteiger charge is -2.13. The molecule has 2 aromatic rings. The number of nitrogens with zero attached hydrogens (tertiary/aromatic N) is 4. The van der Waals surface area contributed by atoms with Gasteiger partial charge in [0.05, 0.1) is 0 Å². The molecule has 102 valence electrons. The summed E-state index contributed by atoms with van der Waals surface area (Å²) in [5, 5.41) is 15.8. The third-order valence-electron chi connectivity index (χ3n) is 2.94. The zero-order valence-corrected chi connectivity index (χ0v) is 11.0. The summed E-state index contributed by atoms with van der Waals surface area (Å²) in [6.07, 6.45) is 2.89. The van der Waals surface area contributed by atoms with E-state index in [1.165, 1.54) is 4.52 Å². The van der Waals surface area contributed by atoms with Crippen molar-refractivity contribution >= 4 is 11.7 Å². The Kier molecular flexibility index (Phi) is 4.06. The van der Waals surface area contributed by atoms with Crippen LogP contribution >= 0.6 is 0 Å². The van der Waals surface area contributed by atoms with Gasteiger partial charge in [-0.05, 0) is 25.8 Å². The fraction of sp³-hybridized carbons (Fsp3) is 0.500. The number of hydrogen-bond acceptors (Lipinski definition) is 5. The Balaban J connectivity index is 2.19. The number of fused-ring (bicyclic) bond motifs is 1. The van der Waals surface area contributed by atoms with Gasteiger partial charge in [0.2, 0.25) is 5.82 Å². The third-order valence-corrected chi connectivity index (χ3v) is 2.94. The van der Waals surface area contributed by atoms with Crippen LogP contribution in [0.25, 0.3) is 5.78 Å². The van der Waals surface area contributed by atoms with Crippen molar-refractivity contribution in [3.05, 3.63) is 23.8 Å². The van der Waals surface area contributed by atoms with E-state index in [4.69, 9.17) is 5.11 Å². The normalized spacial score (nSPS) is 12.6. The number of aryl methyl sites for hydroxylation is 1. The molecular formula is C12H17N5O2. The van der Waals surface area contributed by atoms with Crippen LogP contribution in [0.4, 0.5) is 0 Å². The minimum atomic E-state index is -0.342. The molecule has 0 aliphatic rings. The van der Waals surface area contributed by atoms with Gasteiger partial charge in [-0.2, -0.15) is 4.98 Å². The van der Waals surface area contributed by atoms with Crippen LogP contribution in [0.5, 0.6) is 0 Å². The molecule has 7 nitrogen and oxygen atoms in total. The fourth-order valence-electron chi connectivity index (χ4n) is 1.79. The van der Waals surface area contributed by atoms with Gasteiger partial charge in [-0.1, -0.05) is 6.92 Å². The Morgan fingerprint density at radius 1 is 1.58 bits per heavy atom. The highest BCUT2D eigenvalue weighted by Gasteiger charge is 2.17. The lowest BCUT2D eigenvalue weighted by molar-refractivity contribution is 0.0919. The molecule has 0 aromatic carbocycles. The van der Waals surface area contributed by atoms with E-state index in [0.717, 1.165) is 12.1 Å². The molecule has 1 atom stereocenters. The van der Waals surface area contributed by atoms with Crippen molar-refractivity contribution in [2.24, 2.45) is 0 Å². The van der Waals surface area contributed by atoms with Crippen molar-refractivity contribution in [3.8, 4) is 0 Å². The van der Waals surface area contributed by atoms with E-state index in [1.54, 1.807) is 12.3 Å². The number of hydrogen-bond donors (Lipinski definition) is 2. The molecule has 0 aliphatic heterocycles. The van der Waals surface area contributed by atoms with Crippen molar-refractivity contribution in [1.29, 1.82) is 0 Å². The summed E-state index contributed by atoms with van der Waals surface area (Å²) >= 11 is 0. The highest BCUT2D eigenvalue weighted by atomic mass is 16.3. The molecular weight excluding hydrogens is 246 g/mol. The monoisotopic (exact) mass is 263 g/mol. The highest BCUT2D eigenvalue weighted by molar-refractivity contribution is 5.91. The Morgan fingerprint density at radius 3 is 3.00 bits per heavy atom. The first-order chi connectivity index (χ1) is 9.15. The van der Waals surface area contributed by atoms with Gasteiger partial charge >= 0.3 is 0 Å². The van der Waals surface area contributed by atoms with Crippen molar-refractivity contribution in [2.75, 3.05) is 6.61 Å². The van der Waals surface area contributed by atoms with E-state index in [1.807, 2.05) is 13.8 Å². The van der Waals surface area contributed by atoms with E-state index < -0.39 is 0 Å². The van der Waals surface area contributed by atoms with Gasteiger partial charge in [-0.3, -0.25) is 4.79 Å². The zero-order valence-electron chi connectivity index (χ0n) is 11.0. The largest absolute Gasteiger partial charge is 0.396 e. The summed E-state index contributed by atoms with van der Waals surface area (Å²) in [6.45, 7) is 3.85. The van der Waals surface area contributed by atoms with Crippen LogP contribution in [0.2, 0.25) is 0 Å². The Labute approximate surface area is 110 Å². The van der Waals surface area contributed by atoms with Crippen LogP contribution < -0.4 is 5.32 Å². The first-order valence-corrected chi connectivity index (χ1v) is 6.25. The van der Waals surface area contributed by atoms with Gasteiger partial charge in [0.25, 0.3) is 11.7 Å². The molecule has 1 amide bonds. The van der Waals surface area contributed by atoms with Crippen LogP contribution in [0, 0.1) is 6.92 Å². The Hall–Kier alpha value is -2.02. The molecule has 2 aromatic heterocycles. The summed E-state index contributed by atoms with van der Waals surface area (Å²) in [4.78, 5) is 20.1. The smallest absolute Gasteiger partial charge is 0.291 e. The van der Waals surface area contributed by atoms with E-state index in [2.05, 4.69) is 20.4 Å². The molecule has 2 heterocycles. The minimum Gasteiger partial charge on any atom is -0.396 e. The second-order valence-corrected chi connectivity index (χ2v) is 4.32. The van der Waals surface area contributed by atoms with Crippen molar-refractivity contribution in [1.82, 2.24) is 24.9 Å². The molecule has 1 unspecified atom stereocenters. The molecule has 0 bridgehead atoms. The first-order valence-electron chi connectivity index (χ1n) is 6.25. The number of carbonyl (C=O) groups excluding carboxylic acids is 1. The summed E-state index contributed by atoms with van der Waals surface area (Å²) in [5.74, 6) is 0.156. The SMILES string of the molecule is CCC(CCO)NC(=O)c1nc2nccc(C)n2n1. The highest BCUT2D eigenvalue weighted by Crippen LogP contribution is 2.03. The molecule has 2 N–H and O–H groups in total. The summed E-state index contributed by atoms with van der Waals surface area (Å²) in [7, 11) is 0. The summed E-state index contributed by atoms with van der Waals surface area (Å²) in [5.41, 5.74) is 0.860. The number of nitrogens with one attached hydrogen (secondary N) is 1. The molecule has 0 radical (unpaired) electrons. The molecule has 19 heavy (non-hydrogen) atoms. The lowest BCUT2D eigenvalue weighted by Crippen LogP contribution is -2.35. The molecule has 0 spiro atoms. The Bertz CT molecular complexity index is 581. The molecule has 0 saturated heterocycles.